The van der Waals surface area contributed by atoms with Gasteiger partial charge in [0.25, 0.3) is 0 Å². The Balaban J connectivity index is 0.00000242. The number of alkyl halides is 3. The lowest BCUT2D eigenvalue weighted by Gasteiger charge is -2.35. The minimum atomic E-state index is -4.24. The molecule has 1 aromatic rings. The first-order chi connectivity index (χ1) is 9.88. The van der Waals surface area contributed by atoms with Gasteiger partial charge in [-0.25, -0.2) is 0 Å². The van der Waals surface area contributed by atoms with E-state index in [1.165, 1.54) is 12.1 Å². The highest BCUT2D eigenvalue weighted by Gasteiger charge is 2.32. The van der Waals surface area contributed by atoms with Crippen molar-refractivity contribution in [1.29, 1.82) is 0 Å². The van der Waals surface area contributed by atoms with Gasteiger partial charge in [0.2, 0.25) is 0 Å². The van der Waals surface area contributed by atoms with E-state index in [0.29, 0.717) is 31.7 Å². The van der Waals surface area contributed by atoms with Crippen LogP contribution in [0.15, 0.2) is 18.2 Å². The Morgan fingerprint density at radius 1 is 1.18 bits per heavy atom. The Labute approximate surface area is 133 Å². The molecule has 4 nitrogen and oxygen atoms in total. The lowest BCUT2D eigenvalue weighted by atomic mass is 9.98. The monoisotopic (exact) mass is 340 g/mol. The summed E-state index contributed by atoms with van der Waals surface area (Å²) in [6.07, 6.45) is -5.30. The van der Waals surface area contributed by atoms with Crippen molar-refractivity contribution >= 4 is 12.4 Å². The molecule has 8 heteroatoms. The average Bonchev–Trinajstić information content (AvgIpc) is 2.43. The molecule has 0 unspecified atom stereocenters. The number of hydrogen-bond acceptors (Lipinski definition) is 4. The molecular formula is C14H20ClF3N2O2. The van der Waals surface area contributed by atoms with Crippen molar-refractivity contribution in [2.45, 2.75) is 25.1 Å². The van der Waals surface area contributed by atoms with E-state index in [1.807, 2.05) is 4.90 Å². The molecule has 22 heavy (non-hydrogen) atoms. The Kier molecular flexibility index (Phi) is 6.77. The van der Waals surface area contributed by atoms with E-state index in [9.17, 15) is 23.4 Å². The van der Waals surface area contributed by atoms with Gasteiger partial charge in [-0.3, -0.25) is 4.90 Å². The second-order valence-electron chi connectivity index (χ2n) is 5.17. The molecule has 1 aliphatic heterocycles. The smallest absolute Gasteiger partial charge is 0.389 e. The quantitative estimate of drug-likeness (QED) is 0.738. The highest BCUT2D eigenvalue weighted by molar-refractivity contribution is 5.85. The van der Waals surface area contributed by atoms with Crippen LogP contribution in [-0.2, 0) is 0 Å². The molecule has 1 fully saturated rings. The summed E-state index contributed by atoms with van der Waals surface area (Å²) < 4.78 is 37.6. The van der Waals surface area contributed by atoms with Gasteiger partial charge < -0.3 is 15.5 Å². The van der Waals surface area contributed by atoms with E-state index < -0.39 is 18.6 Å². The number of phenolic OH excluding ortho intramolecular Hbond substituents is 2. The highest BCUT2D eigenvalue weighted by Crippen LogP contribution is 2.39. The lowest BCUT2D eigenvalue weighted by Crippen LogP contribution is -2.45. The molecule has 0 aliphatic carbocycles. The van der Waals surface area contributed by atoms with Crippen LogP contribution >= 0.6 is 12.4 Å². The zero-order chi connectivity index (χ0) is 15.5. The minimum absolute atomic E-state index is 0. The number of rotatable bonds is 4. The number of para-hydroxylation sites is 1. The normalized spacial score (nSPS) is 17.8. The van der Waals surface area contributed by atoms with Gasteiger partial charge in [-0.15, -0.1) is 12.4 Å². The molecule has 126 valence electrons. The van der Waals surface area contributed by atoms with Crippen molar-refractivity contribution in [2.75, 3.05) is 26.2 Å². The summed E-state index contributed by atoms with van der Waals surface area (Å²) in [5.41, 5.74) is 0.348. The summed E-state index contributed by atoms with van der Waals surface area (Å²) in [5, 5.41) is 22.7. The first kappa shape index (κ1) is 18.9. The molecule has 0 aromatic heterocycles. The summed E-state index contributed by atoms with van der Waals surface area (Å²) in [4.78, 5) is 1.91. The maximum atomic E-state index is 12.5. The molecule has 0 amide bonds. The number of halogens is 4. The average molecular weight is 341 g/mol. The van der Waals surface area contributed by atoms with Gasteiger partial charge in [-0.1, -0.05) is 12.1 Å². The maximum Gasteiger partial charge on any atom is 0.389 e. The number of nitrogens with zero attached hydrogens (tertiary/aromatic N) is 1. The Bertz CT molecular complexity index is 480. The Hall–Kier alpha value is -1.18. The highest BCUT2D eigenvalue weighted by atomic mass is 35.5. The first-order valence-electron chi connectivity index (χ1n) is 6.91. The van der Waals surface area contributed by atoms with Crippen LogP contribution in [-0.4, -0.2) is 47.5 Å². The summed E-state index contributed by atoms with van der Waals surface area (Å²) >= 11 is 0. The van der Waals surface area contributed by atoms with Gasteiger partial charge in [-0.2, -0.15) is 13.2 Å². The lowest BCUT2D eigenvalue weighted by molar-refractivity contribution is -0.138. The second-order valence-corrected chi connectivity index (χ2v) is 5.17. The zero-order valence-electron chi connectivity index (χ0n) is 11.9. The first-order valence-corrected chi connectivity index (χ1v) is 6.91. The van der Waals surface area contributed by atoms with E-state index in [4.69, 9.17) is 0 Å². The summed E-state index contributed by atoms with van der Waals surface area (Å²) in [7, 11) is 0. The molecule has 1 aliphatic rings. The SMILES string of the molecule is Cl.Oc1cccc([C@@H](CCC(F)(F)F)N2CCNCC2)c1O. The maximum absolute atomic E-state index is 12.5. The second kappa shape index (κ2) is 7.89. The minimum Gasteiger partial charge on any atom is -0.504 e. The molecule has 0 bridgehead atoms. The molecule has 2 rings (SSSR count). The van der Waals surface area contributed by atoms with Crippen molar-refractivity contribution in [3.8, 4) is 11.5 Å². The molecule has 0 spiro atoms. The largest absolute Gasteiger partial charge is 0.504 e. The predicted molar refractivity (Wildman–Crippen MR) is 79.5 cm³/mol. The summed E-state index contributed by atoms with van der Waals surface area (Å²) in [6.45, 7) is 2.61. The third-order valence-corrected chi connectivity index (χ3v) is 3.70. The molecule has 1 saturated heterocycles. The van der Waals surface area contributed by atoms with Crippen molar-refractivity contribution in [3.63, 3.8) is 0 Å². The van der Waals surface area contributed by atoms with Crippen molar-refractivity contribution in [3.05, 3.63) is 23.8 Å². The van der Waals surface area contributed by atoms with Crippen LogP contribution in [0.5, 0.6) is 11.5 Å². The van der Waals surface area contributed by atoms with E-state index in [2.05, 4.69) is 5.32 Å². The van der Waals surface area contributed by atoms with Gasteiger partial charge in [0, 0.05) is 44.2 Å². The number of benzene rings is 1. The topological polar surface area (TPSA) is 55.7 Å². The number of piperazine rings is 1. The fourth-order valence-electron chi connectivity index (χ4n) is 2.65. The fourth-order valence-corrected chi connectivity index (χ4v) is 2.65. The van der Waals surface area contributed by atoms with Crippen LogP contribution in [0.2, 0.25) is 0 Å². The van der Waals surface area contributed by atoms with Gasteiger partial charge in [0.15, 0.2) is 11.5 Å². The third-order valence-electron chi connectivity index (χ3n) is 3.70. The van der Waals surface area contributed by atoms with Gasteiger partial charge in [0.05, 0.1) is 0 Å². The van der Waals surface area contributed by atoms with Crippen molar-refractivity contribution < 1.29 is 23.4 Å². The van der Waals surface area contributed by atoms with Gasteiger partial charge >= 0.3 is 6.18 Å². The molecule has 3 N–H and O–H groups in total. The van der Waals surface area contributed by atoms with Crippen LogP contribution in [0.3, 0.4) is 0 Å². The number of aromatic hydroxyl groups is 2. The van der Waals surface area contributed by atoms with Gasteiger partial charge in [-0.05, 0) is 12.5 Å². The fraction of sp³-hybridized carbons (Fsp3) is 0.571. The molecule has 0 saturated carbocycles. The molecule has 1 heterocycles. The van der Waals surface area contributed by atoms with Gasteiger partial charge in [0.1, 0.15) is 0 Å². The van der Waals surface area contributed by atoms with Crippen LogP contribution in [0.25, 0.3) is 0 Å². The molecule has 1 atom stereocenters. The van der Waals surface area contributed by atoms with Crippen LogP contribution < -0.4 is 5.32 Å². The number of nitrogens with one attached hydrogen (secondary N) is 1. The molecular weight excluding hydrogens is 321 g/mol. The van der Waals surface area contributed by atoms with E-state index in [0.717, 1.165) is 0 Å². The summed E-state index contributed by atoms with van der Waals surface area (Å²) in [6, 6.07) is 3.86. The number of phenols is 2. The van der Waals surface area contributed by atoms with E-state index in [-0.39, 0.29) is 30.3 Å². The molecule has 0 radical (unpaired) electrons. The third kappa shape index (κ3) is 4.93. The molecule has 1 aromatic carbocycles. The van der Waals surface area contributed by atoms with Crippen molar-refractivity contribution in [1.82, 2.24) is 10.2 Å². The predicted octanol–water partition coefficient (Wildman–Crippen LogP) is 2.81. The van der Waals surface area contributed by atoms with E-state index in [1.54, 1.807) is 6.07 Å². The summed E-state index contributed by atoms with van der Waals surface area (Å²) in [5.74, 6) is -0.636. The number of hydrogen-bond donors (Lipinski definition) is 3. The standard InChI is InChI=1S/C14H19F3N2O2.ClH/c15-14(16,17)5-4-11(19-8-6-18-7-9-19)10-2-1-3-12(20)13(10)21;/h1-3,11,18,20-21H,4-9H2;1H/t11-;/m1./s1. The van der Waals surface area contributed by atoms with Crippen molar-refractivity contribution in [2.24, 2.45) is 0 Å². The van der Waals surface area contributed by atoms with Crippen LogP contribution in [0, 0.1) is 0 Å². The zero-order valence-corrected chi connectivity index (χ0v) is 12.8. The van der Waals surface area contributed by atoms with E-state index >= 15 is 0 Å². The van der Waals surface area contributed by atoms with Crippen LogP contribution in [0.1, 0.15) is 24.4 Å². The van der Waals surface area contributed by atoms with Crippen LogP contribution in [0.4, 0.5) is 13.2 Å². The Morgan fingerprint density at radius 3 is 2.41 bits per heavy atom. The Morgan fingerprint density at radius 2 is 1.82 bits per heavy atom.